The van der Waals surface area contributed by atoms with Crippen LogP contribution in [-0.2, 0) is 4.79 Å². The summed E-state index contributed by atoms with van der Waals surface area (Å²) in [5, 5.41) is 27.7. The Morgan fingerprint density at radius 3 is 2.36 bits per heavy atom. The smallest absolute Gasteiger partial charge is 0.328 e. The van der Waals surface area contributed by atoms with Crippen LogP contribution in [0.25, 0.3) is 0 Å². The number of carboxylic acids is 1. The fourth-order valence-electron chi connectivity index (χ4n) is 0.696. The van der Waals surface area contributed by atoms with E-state index in [2.05, 4.69) is 5.32 Å². The first-order valence-electron chi connectivity index (χ1n) is 3.99. The Morgan fingerprint density at radius 1 is 1.43 bits per heavy atom. The van der Waals surface area contributed by atoms with E-state index >= 15 is 0 Å². The maximum Gasteiger partial charge on any atom is 0.328 e. The number of nitrogens with one attached hydrogen (secondary N) is 1. The molecule has 0 aromatic carbocycles. The van der Waals surface area contributed by atoms with Gasteiger partial charge in [0.1, 0.15) is 0 Å². The summed E-state index contributed by atoms with van der Waals surface area (Å²) in [7, 11) is 1.40. The molecule has 1 atom stereocenters. The van der Waals surface area contributed by atoms with Crippen molar-refractivity contribution in [3.05, 3.63) is 0 Å². The van der Waals surface area contributed by atoms with E-state index in [1.807, 2.05) is 0 Å². The van der Waals surface area contributed by atoms with E-state index in [0.717, 1.165) is 4.90 Å². The number of urea groups is 1. The van der Waals surface area contributed by atoms with Gasteiger partial charge in [-0.1, -0.05) is 0 Å². The molecule has 7 nitrogen and oxygen atoms in total. The summed E-state index contributed by atoms with van der Waals surface area (Å²) in [5.41, 5.74) is 0. The molecule has 4 N–H and O–H groups in total. The predicted octanol–water partition coefficient (Wildman–Crippen LogP) is -1.93. The van der Waals surface area contributed by atoms with E-state index in [1.54, 1.807) is 0 Å². The average Bonchev–Trinajstić information content (AvgIpc) is 2.13. The molecule has 2 amide bonds. The van der Waals surface area contributed by atoms with Crippen LogP contribution in [0.15, 0.2) is 0 Å². The van der Waals surface area contributed by atoms with Crippen molar-refractivity contribution in [3.63, 3.8) is 0 Å². The molecule has 0 aromatic rings. The van der Waals surface area contributed by atoms with Gasteiger partial charge in [-0.05, 0) is 0 Å². The fourth-order valence-corrected chi connectivity index (χ4v) is 0.696. The molecular formula is C7H14N2O5. The zero-order chi connectivity index (χ0) is 11.1. The summed E-state index contributed by atoms with van der Waals surface area (Å²) in [6.07, 6.45) is 0. The van der Waals surface area contributed by atoms with Gasteiger partial charge in [0, 0.05) is 13.6 Å². The Balaban J connectivity index is 4.08. The number of hydrogen-bond donors (Lipinski definition) is 4. The lowest BCUT2D eigenvalue weighted by Gasteiger charge is -2.19. The van der Waals surface area contributed by atoms with Crippen LogP contribution in [0.4, 0.5) is 4.79 Å². The van der Waals surface area contributed by atoms with Crippen molar-refractivity contribution < 1.29 is 24.9 Å². The van der Waals surface area contributed by atoms with Gasteiger partial charge in [0.15, 0.2) is 6.04 Å². The van der Waals surface area contributed by atoms with Gasteiger partial charge in [0.2, 0.25) is 0 Å². The molecule has 0 saturated carbocycles. The van der Waals surface area contributed by atoms with E-state index in [0.29, 0.717) is 0 Å². The van der Waals surface area contributed by atoms with Gasteiger partial charge in [-0.15, -0.1) is 0 Å². The third-order valence-corrected chi connectivity index (χ3v) is 1.56. The van der Waals surface area contributed by atoms with E-state index in [-0.39, 0.29) is 13.2 Å². The van der Waals surface area contributed by atoms with Crippen LogP contribution in [-0.4, -0.2) is 65.1 Å². The minimum Gasteiger partial charge on any atom is -0.480 e. The lowest BCUT2D eigenvalue weighted by Crippen LogP contribution is -2.48. The number of nitrogens with zero attached hydrogens (tertiary/aromatic N) is 1. The number of carbonyl (C=O) groups is 2. The van der Waals surface area contributed by atoms with Crippen molar-refractivity contribution in [2.75, 3.05) is 26.8 Å². The van der Waals surface area contributed by atoms with Crippen LogP contribution < -0.4 is 5.32 Å². The highest BCUT2D eigenvalue weighted by Crippen LogP contribution is 1.88. The Bertz CT molecular complexity index is 208. The minimum atomic E-state index is -1.32. The lowest BCUT2D eigenvalue weighted by atomic mass is 10.3. The zero-order valence-corrected chi connectivity index (χ0v) is 7.80. The van der Waals surface area contributed by atoms with Crippen LogP contribution in [0, 0.1) is 0 Å². The molecule has 0 aliphatic carbocycles. The summed E-state index contributed by atoms with van der Waals surface area (Å²) >= 11 is 0. The van der Waals surface area contributed by atoms with Gasteiger partial charge >= 0.3 is 12.0 Å². The van der Waals surface area contributed by atoms with E-state index in [1.165, 1.54) is 7.05 Å². The third-order valence-electron chi connectivity index (χ3n) is 1.56. The summed E-state index contributed by atoms with van der Waals surface area (Å²) < 4.78 is 0. The Kier molecular flexibility index (Phi) is 5.58. The Morgan fingerprint density at radius 2 is 2.00 bits per heavy atom. The first-order chi connectivity index (χ1) is 6.52. The second kappa shape index (κ2) is 6.17. The minimum absolute atomic E-state index is 0.101. The molecule has 0 unspecified atom stereocenters. The molecular weight excluding hydrogens is 192 g/mol. The van der Waals surface area contributed by atoms with Crippen LogP contribution in [0.1, 0.15) is 0 Å². The molecule has 14 heavy (non-hydrogen) atoms. The van der Waals surface area contributed by atoms with E-state index in [4.69, 9.17) is 15.3 Å². The van der Waals surface area contributed by atoms with Crippen molar-refractivity contribution >= 4 is 12.0 Å². The third kappa shape index (κ3) is 4.06. The molecule has 0 rings (SSSR count). The van der Waals surface area contributed by atoms with Crippen molar-refractivity contribution in [2.45, 2.75) is 6.04 Å². The van der Waals surface area contributed by atoms with Gasteiger partial charge in [0.25, 0.3) is 0 Å². The maximum absolute atomic E-state index is 11.1. The SMILES string of the molecule is CN(CCO)C(=O)N[C@H](CO)C(=O)O. The lowest BCUT2D eigenvalue weighted by molar-refractivity contribution is -0.140. The molecule has 0 aromatic heterocycles. The van der Waals surface area contributed by atoms with E-state index < -0.39 is 24.6 Å². The Hall–Kier alpha value is -1.34. The van der Waals surface area contributed by atoms with Crippen LogP contribution in [0.3, 0.4) is 0 Å². The number of amides is 2. The standard InChI is InChI=1S/C7H14N2O5/c1-9(2-3-10)7(14)8-5(4-11)6(12)13/h5,10-11H,2-4H2,1H3,(H,8,14)(H,12,13)/t5-/m1/s1. The molecule has 0 fully saturated rings. The van der Waals surface area contributed by atoms with Crippen molar-refractivity contribution in [3.8, 4) is 0 Å². The van der Waals surface area contributed by atoms with Crippen molar-refractivity contribution in [1.29, 1.82) is 0 Å². The average molecular weight is 206 g/mol. The molecule has 0 bridgehead atoms. The number of rotatable bonds is 5. The van der Waals surface area contributed by atoms with Gasteiger partial charge in [-0.2, -0.15) is 0 Å². The van der Waals surface area contributed by atoms with Crippen LogP contribution >= 0.6 is 0 Å². The quantitative estimate of drug-likeness (QED) is 0.418. The van der Waals surface area contributed by atoms with E-state index in [9.17, 15) is 9.59 Å². The largest absolute Gasteiger partial charge is 0.480 e. The summed E-state index contributed by atoms with van der Waals surface area (Å²) in [6, 6.07) is -1.97. The van der Waals surface area contributed by atoms with Gasteiger partial charge in [-0.25, -0.2) is 9.59 Å². The van der Waals surface area contributed by atoms with Gasteiger partial charge in [-0.3, -0.25) is 0 Å². The second-order valence-corrected chi connectivity index (χ2v) is 2.67. The normalized spacial score (nSPS) is 11.9. The number of aliphatic hydroxyl groups excluding tert-OH is 2. The monoisotopic (exact) mass is 206 g/mol. The first kappa shape index (κ1) is 12.7. The Labute approximate surface area is 80.9 Å². The molecule has 0 heterocycles. The van der Waals surface area contributed by atoms with Crippen LogP contribution in [0.5, 0.6) is 0 Å². The second-order valence-electron chi connectivity index (χ2n) is 2.67. The summed E-state index contributed by atoms with van der Waals surface area (Å²) in [6.45, 7) is -0.779. The van der Waals surface area contributed by atoms with Gasteiger partial charge < -0.3 is 25.5 Å². The zero-order valence-electron chi connectivity index (χ0n) is 7.80. The highest BCUT2D eigenvalue weighted by atomic mass is 16.4. The number of carboxylic acid groups (broad SMARTS) is 1. The van der Waals surface area contributed by atoms with Gasteiger partial charge in [0.05, 0.1) is 13.2 Å². The molecule has 0 saturated heterocycles. The van der Waals surface area contributed by atoms with Crippen molar-refractivity contribution in [1.82, 2.24) is 10.2 Å². The summed E-state index contributed by atoms with van der Waals surface area (Å²) in [4.78, 5) is 22.7. The predicted molar refractivity (Wildman–Crippen MR) is 46.8 cm³/mol. The molecule has 0 aliphatic rings. The molecule has 7 heteroatoms. The fraction of sp³-hybridized carbons (Fsp3) is 0.714. The molecule has 0 radical (unpaired) electrons. The highest BCUT2D eigenvalue weighted by Gasteiger charge is 2.20. The highest BCUT2D eigenvalue weighted by molar-refractivity contribution is 5.82. The first-order valence-corrected chi connectivity index (χ1v) is 3.99. The number of likely N-dealkylation sites (N-methyl/N-ethyl adjacent to an activating group) is 1. The number of aliphatic hydroxyl groups is 2. The van der Waals surface area contributed by atoms with Crippen molar-refractivity contribution in [2.24, 2.45) is 0 Å². The molecule has 0 spiro atoms. The molecule has 82 valence electrons. The maximum atomic E-state index is 11.1. The number of aliphatic carboxylic acids is 1. The summed E-state index contributed by atoms with van der Waals surface area (Å²) in [5.74, 6) is -1.31. The topological polar surface area (TPSA) is 110 Å². The van der Waals surface area contributed by atoms with Crippen LogP contribution in [0.2, 0.25) is 0 Å². The number of hydrogen-bond acceptors (Lipinski definition) is 4. The number of carbonyl (C=O) groups excluding carboxylic acids is 1. The molecule has 0 aliphatic heterocycles.